The van der Waals surface area contributed by atoms with Crippen LogP contribution in [0.5, 0.6) is 5.75 Å². The molecular formula is C23H22N2O3. The highest BCUT2D eigenvalue weighted by atomic mass is 16.5. The molecule has 0 saturated heterocycles. The topological polar surface area (TPSA) is 61.2 Å². The fraction of sp³-hybridized carbons (Fsp3) is 0.261. The molecule has 1 aromatic heterocycles. The first kappa shape index (κ1) is 18.2. The molecule has 0 aliphatic heterocycles. The minimum Gasteiger partial charge on any atom is -0.497 e. The highest BCUT2D eigenvalue weighted by Gasteiger charge is 2.35. The summed E-state index contributed by atoms with van der Waals surface area (Å²) in [6, 6.07) is 14.8. The summed E-state index contributed by atoms with van der Waals surface area (Å²) in [5.41, 5.74) is 3.88. The molecule has 0 unspecified atom stereocenters. The Morgan fingerprint density at radius 2 is 1.75 bits per heavy atom. The molecule has 1 heterocycles. The smallest absolute Gasteiger partial charge is 0.247 e. The number of carbonyl (C=O) groups excluding carboxylic acids is 2. The van der Waals surface area contributed by atoms with E-state index in [1.54, 1.807) is 7.11 Å². The highest BCUT2D eigenvalue weighted by molar-refractivity contribution is 6.24. The third kappa shape index (κ3) is 2.93. The predicted molar refractivity (Wildman–Crippen MR) is 108 cm³/mol. The van der Waals surface area contributed by atoms with Crippen molar-refractivity contribution in [3.8, 4) is 28.3 Å². The lowest BCUT2D eigenvalue weighted by Gasteiger charge is -2.09. The summed E-state index contributed by atoms with van der Waals surface area (Å²) >= 11 is 0. The number of fused-ring (bicyclic) bond motifs is 3. The number of ketones is 1. The van der Waals surface area contributed by atoms with Crippen molar-refractivity contribution in [2.24, 2.45) is 0 Å². The van der Waals surface area contributed by atoms with Crippen LogP contribution in [0.4, 0.5) is 0 Å². The first-order chi connectivity index (χ1) is 13.7. The maximum atomic E-state index is 13.1. The second kappa shape index (κ2) is 7.43. The number of rotatable bonds is 6. The lowest BCUT2D eigenvalue weighted by molar-refractivity contribution is 0.0886. The van der Waals surface area contributed by atoms with Gasteiger partial charge >= 0.3 is 0 Å². The van der Waals surface area contributed by atoms with E-state index in [1.165, 1.54) is 4.68 Å². The predicted octanol–water partition coefficient (Wildman–Crippen LogP) is 4.99. The van der Waals surface area contributed by atoms with E-state index in [2.05, 4.69) is 12.0 Å². The monoisotopic (exact) mass is 374 g/mol. The lowest BCUT2D eigenvalue weighted by Crippen LogP contribution is -2.15. The van der Waals surface area contributed by atoms with Crippen LogP contribution in [0.15, 0.2) is 48.5 Å². The van der Waals surface area contributed by atoms with Crippen LogP contribution in [0.3, 0.4) is 0 Å². The van der Waals surface area contributed by atoms with Crippen molar-refractivity contribution in [3.63, 3.8) is 0 Å². The zero-order valence-corrected chi connectivity index (χ0v) is 16.1. The summed E-state index contributed by atoms with van der Waals surface area (Å²) in [6.45, 7) is 2.10. The number of hydrogen-bond donors (Lipinski definition) is 0. The fourth-order valence-corrected chi connectivity index (χ4v) is 3.67. The van der Waals surface area contributed by atoms with Crippen LogP contribution < -0.4 is 4.74 Å². The van der Waals surface area contributed by atoms with Gasteiger partial charge in [0.05, 0.1) is 18.4 Å². The molecule has 0 atom stereocenters. The van der Waals surface area contributed by atoms with Gasteiger partial charge in [-0.1, -0.05) is 44.0 Å². The normalized spacial score (nSPS) is 12.0. The summed E-state index contributed by atoms with van der Waals surface area (Å²) in [7, 11) is 1.61. The van der Waals surface area contributed by atoms with Gasteiger partial charge in [0.25, 0.3) is 0 Å². The summed E-state index contributed by atoms with van der Waals surface area (Å²) in [5, 5.41) is 4.60. The minimum absolute atomic E-state index is 0.0796. The van der Waals surface area contributed by atoms with E-state index in [4.69, 9.17) is 4.74 Å². The van der Waals surface area contributed by atoms with Crippen LogP contribution in [-0.2, 0) is 0 Å². The van der Waals surface area contributed by atoms with Gasteiger partial charge < -0.3 is 4.74 Å². The molecule has 0 fully saturated rings. The number of unbranched alkanes of at least 4 members (excludes halogenated alkanes) is 2. The Labute approximate surface area is 164 Å². The Kier molecular flexibility index (Phi) is 4.82. The van der Waals surface area contributed by atoms with Gasteiger partial charge in [0.15, 0.2) is 5.78 Å². The Morgan fingerprint density at radius 3 is 2.43 bits per heavy atom. The molecular weight excluding hydrogens is 352 g/mol. The first-order valence-corrected chi connectivity index (χ1v) is 9.60. The Morgan fingerprint density at radius 1 is 1.04 bits per heavy atom. The van der Waals surface area contributed by atoms with Gasteiger partial charge in [-0.3, -0.25) is 9.59 Å². The number of nitrogens with zero attached hydrogens (tertiary/aromatic N) is 2. The van der Waals surface area contributed by atoms with E-state index in [-0.39, 0.29) is 11.7 Å². The molecule has 0 spiro atoms. The number of methoxy groups -OCH3 is 1. The van der Waals surface area contributed by atoms with E-state index in [9.17, 15) is 9.59 Å². The molecule has 2 aromatic carbocycles. The standard InChI is InChI=1S/C23H22N2O3/c1-3-4-5-10-19(26)25-22(15-11-13-16(28-2)14-12-15)20-21(24-25)17-8-6-7-9-18(17)23(20)27/h6-9,11-14H,3-5,10H2,1-2H3. The number of aromatic nitrogens is 2. The SMILES string of the molecule is CCCCCC(=O)n1nc2c(c1-c1ccc(OC)cc1)C(=O)c1ccccc1-2. The maximum Gasteiger partial charge on any atom is 0.247 e. The van der Waals surface area contributed by atoms with Crippen LogP contribution in [0, 0.1) is 0 Å². The molecule has 5 nitrogen and oxygen atoms in total. The van der Waals surface area contributed by atoms with Gasteiger partial charge in [0.1, 0.15) is 11.4 Å². The van der Waals surface area contributed by atoms with E-state index in [1.807, 2.05) is 48.5 Å². The number of hydrogen-bond acceptors (Lipinski definition) is 4. The molecule has 1 aliphatic carbocycles. The Hall–Kier alpha value is -3.21. The van der Waals surface area contributed by atoms with Gasteiger partial charge in [-0.2, -0.15) is 9.78 Å². The average Bonchev–Trinajstić information content (AvgIpc) is 3.25. The maximum absolute atomic E-state index is 13.1. The molecule has 0 N–H and O–H groups in total. The van der Waals surface area contributed by atoms with Crippen molar-refractivity contribution in [3.05, 3.63) is 59.7 Å². The van der Waals surface area contributed by atoms with Crippen LogP contribution >= 0.6 is 0 Å². The fourth-order valence-electron chi connectivity index (χ4n) is 3.67. The summed E-state index contributed by atoms with van der Waals surface area (Å²) in [4.78, 5) is 26.0. The number of ether oxygens (including phenoxy) is 1. The van der Waals surface area contributed by atoms with Crippen LogP contribution in [0.2, 0.25) is 0 Å². The van der Waals surface area contributed by atoms with Crippen LogP contribution in [0.1, 0.15) is 53.3 Å². The molecule has 0 saturated carbocycles. The average molecular weight is 374 g/mol. The van der Waals surface area contributed by atoms with Crippen molar-refractivity contribution in [1.82, 2.24) is 9.78 Å². The van der Waals surface area contributed by atoms with Gasteiger partial charge in [-0.15, -0.1) is 0 Å². The van der Waals surface area contributed by atoms with Crippen LogP contribution in [0.25, 0.3) is 22.5 Å². The van der Waals surface area contributed by atoms with Gasteiger partial charge in [-0.05, 0) is 30.7 Å². The second-order valence-corrected chi connectivity index (χ2v) is 6.94. The molecule has 0 bridgehead atoms. The van der Waals surface area contributed by atoms with Gasteiger partial charge in [0.2, 0.25) is 5.91 Å². The molecule has 142 valence electrons. The zero-order chi connectivity index (χ0) is 19.7. The molecule has 28 heavy (non-hydrogen) atoms. The summed E-state index contributed by atoms with van der Waals surface area (Å²) in [6.07, 6.45) is 3.26. The van der Waals surface area contributed by atoms with E-state index in [0.717, 1.165) is 36.1 Å². The number of carbonyl (C=O) groups is 2. The van der Waals surface area contributed by atoms with E-state index in [0.29, 0.717) is 28.9 Å². The van der Waals surface area contributed by atoms with Gasteiger partial charge in [-0.25, -0.2) is 0 Å². The van der Waals surface area contributed by atoms with E-state index >= 15 is 0 Å². The molecule has 4 rings (SSSR count). The summed E-state index contributed by atoms with van der Waals surface area (Å²) in [5.74, 6) is 0.554. The first-order valence-electron chi connectivity index (χ1n) is 9.60. The van der Waals surface area contributed by atoms with Gasteiger partial charge in [0, 0.05) is 23.1 Å². The van der Waals surface area contributed by atoms with Crippen molar-refractivity contribution < 1.29 is 14.3 Å². The Bertz CT molecular complexity index is 1050. The minimum atomic E-state index is -0.0843. The third-order valence-corrected chi connectivity index (χ3v) is 5.13. The van der Waals surface area contributed by atoms with Crippen LogP contribution in [-0.4, -0.2) is 28.6 Å². The van der Waals surface area contributed by atoms with Crippen molar-refractivity contribution in [2.45, 2.75) is 32.6 Å². The quantitative estimate of drug-likeness (QED) is 0.446. The highest BCUT2D eigenvalue weighted by Crippen LogP contribution is 2.41. The van der Waals surface area contributed by atoms with E-state index < -0.39 is 0 Å². The van der Waals surface area contributed by atoms with Crippen molar-refractivity contribution in [1.29, 1.82) is 0 Å². The molecule has 1 aliphatic rings. The zero-order valence-electron chi connectivity index (χ0n) is 16.1. The van der Waals surface area contributed by atoms with Crippen molar-refractivity contribution in [2.75, 3.05) is 7.11 Å². The van der Waals surface area contributed by atoms with Crippen molar-refractivity contribution >= 4 is 11.7 Å². The molecule has 0 amide bonds. The third-order valence-electron chi connectivity index (χ3n) is 5.13. The molecule has 5 heteroatoms. The largest absolute Gasteiger partial charge is 0.497 e. The number of benzene rings is 2. The lowest BCUT2D eigenvalue weighted by atomic mass is 10.0. The Balaban J connectivity index is 1.86. The second-order valence-electron chi connectivity index (χ2n) is 6.94. The molecule has 3 aromatic rings. The summed E-state index contributed by atoms with van der Waals surface area (Å²) < 4.78 is 6.66. The molecule has 0 radical (unpaired) electrons.